The van der Waals surface area contributed by atoms with E-state index < -0.39 is 21.1 Å². The third-order valence-corrected chi connectivity index (χ3v) is 7.56. The molecule has 0 aromatic heterocycles. The Bertz CT molecular complexity index is 1130. The van der Waals surface area contributed by atoms with E-state index in [2.05, 4.69) is 0 Å². The van der Waals surface area contributed by atoms with Crippen molar-refractivity contribution in [2.45, 2.75) is 29.2 Å². The summed E-state index contributed by atoms with van der Waals surface area (Å²) >= 11 is 0. The van der Waals surface area contributed by atoms with Crippen LogP contribution in [-0.4, -0.2) is 30.5 Å². The van der Waals surface area contributed by atoms with Crippen LogP contribution in [0.1, 0.15) is 17.5 Å². The minimum absolute atomic E-state index is 0.0200. The highest BCUT2D eigenvalue weighted by Crippen LogP contribution is 2.32. The lowest BCUT2D eigenvalue weighted by Crippen LogP contribution is -2.38. The van der Waals surface area contributed by atoms with Gasteiger partial charge in [0.05, 0.1) is 16.2 Å². The van der Waals surface area contributed by atoms with Crippen LogP contribution in [0.15, 0.2) is 102 Å². The lowest BCUT2D eigenvalue weighted by molar-refractivity contribution is -0.129. The molecule has 5 heteroatoms. The van der Waals surface area contributed by atoms with E-state index in [-0.39, 0.29) is 17.2 Å². The summed E-state index contributed by atoms with van der Waals surface area (Å²) in [6.45, 7) is 0.379. The van der Waals surface area contributed by atoms with Gasteiger partial charge in [0.1, 0.15) is 0 Å². The molecular weight excluding hydrogens is 394 g/mol. The summed E-state index contributed by atoms with van der Waals surface area (Å²) in [6.07, 6.45) is 3.73. The molecule has 0 bridgehead atoms. The van der Waals surface area contributed by atoms with Crippen LogP contribution in [0.2, 0.25) is 0 Å². The highest BCUT2D eigenvalue weighted by Gasteiger charge is 2.45. The number of nitrogens with zero attached hydrogens (tertiary/aromatic N) is 1. The van der Waals surface area contributed by atoms with Crippen molar-refractivity contribution in [2.75, 3.05) is 0 Å². The van der Waals surface area contributed by atoms with Crippen molar-refractivity contribution in [3.8, 4) is 0 Å². The van der Waals surface area contributed by atoms with Crippen molar-refractivity contribution in [3.63, 3.8) is 0 Å². The quantitative estimate of drug-likeness (QED) is 0.599. The molecule has 0 radical (unpaired) electrons. The summed E-state index contributed by atoms with van der Waals surface area (Å²) in [7, 11) is -3.66. The van der Waals surface area contributed by atoms with Crippen molar-refractivity contribution in [2.24, 2.45) is 0 Å². The van der Waals surface area contributed by atoms with Crippen LogP contribution in [0, 0.1) is 0 Å². The maximum Gasteiger partial charge on any atom is 0.224 e. The minimum atomic E-state index is -3.66. The summed E-state index contributed by atoms with van der Waals surface area (Å²) in [5, 5.41) is -0.823. The Hall–Kier alpha value is -3.18. The van der Waals surface area contributed by atoms with Gasteiger partial charge in [-0.3, -0.25) is 4.79 Å². The molecule has 3 aromatic rings. The van der Waals surface area contributed by atoms with E-state index in [1.165, 1.54) is 0 Å². The second-order valence-electron chi connectivity index (χ2n) is 7.37. The molecule has 1 aliphatic heterocycles. The van der Waals surface area contributed by atoms with Crippen LogP contribution in [0.3, 0.4) is 0 Å². The summed E-state index contributed by atoms with van der Waals surface area (Å²) in [5.74, 6) is -0.147. The topological polar surface area (TPSA) is 54.5 Å². The fourth-order valence-corrected chi connectivity index (χ4v) is 5.68. The number of amides is 1. The molecule has 2 atom stereocenters. The molecule has 0 saturated carbocycles. The lowest BCUT2D eigenvalue weighted by atomic mass is 10.1. The molecule has 0 unspecified atom stereocenters. The van der Waals surface area contributed by atoms with Gasteiger partial charge in [-0.15, -0.1) is 0 Å². The van der Waals surface area contributed by atoms with E-state index >= 15 is 0 Å². The number of hydrogen-bond donors (Lipinski definition) is 0. The average molecular weight is 418 g/mol. The molecule has 30 heavy (non-hydrogen) atoms. The van der Waals surface area contributed by atoms with Crippen LogP contribution in [0.4, 0.5) is 0 Å². The largest absolute Gasteiger partial charge is 0.331 e. The second-order valence-corrected chi connectivity index (χ2v) is 9.54. The number of hydrogen-bond acceptors (Lipinski definition) is 3. The van der Waals surface area contributed by atoms with Crippen LogP contribution in [-0.2, 0) is 21.2 Å². The predicted molar refractivity (Wildman–Crippen MR) is 118 cm³/mol. The third kappa shape index (κ3) is 4.21. The predicted octanol–water partition coefficient (Wildman–Crippen LogP) is 4.34. The maximum atomic E-state index is 13.4. The van der Waals surface area contributed by atoms with Crippen molar-refractivity contribution in [1.29, 1.82) is 0 Å². The Morgan fingerprint density at radius 3 is 2.03 bits per heavy atom. The van der Waals surface area contributed by atoms with Gasteiger partial charge >= 0.3 is 0 Å². The van der Waals surface area contributed by atoms with Gasteiger partial charge in [-0.1, -0.05) is 91.0 Å². The van der Waals surface area contributed by atoms with E-state index in [1.807, 2.05) is 72.8 Å². The van der Waals surface area contributed by atoms with Crippen molar-refractivity contribution in [1.82, 2.24) is 4.90 Å². The number of benzene rings is 3. The minimum Gasteiger partial charge on any atom is -0.331 e. The Balaban J connectivity index is 1.71. The summed E-state index contributed by atoms with van der Waals surface area (Å²) in [4.78, 5) is 14.8. The molecule has 0 N–H and O–H groups in total. The molecule has 4 nitrogen and oxygen atoms in total. The monoisotopic (exact) mass is 417 g/mol. The first kappa shape index (κ1) is 20.1. The fraction of sp³-hybridized carbons (Fsp3) is 0.160. The highest BCUT2D eigenvalue weighted by atomic mass is 32.2. The molecule has 4 rings (SSSR count). The van der Waals surface area contributed by atoms with Crippen LogP contribution < -0.4 is 0 Å². The molecular formula is C25H23NO3S. The molecule has 0 spiro atoms. The maximum absolute atomic E-state index is 13.4. The van der Waals surface area contributed by atoms with E-state index in [9.17, 15) is 13.2 Å². The lowest BCUT2D eigenvalue weighted by Gasteiger charge is -2.26. The molecule has 1 saturated heterocycles. The first-order chi connectivity index (χ1) is 14.6. The number of likely N-dealkylation sites (tertiary alicyclic amines) is 1. The first-order valence-electron chi connectivity index (χ1n) is 9.91. The molecule has 152 valence electrons. The number of carbonyl (C=O) groups is 1. The van der Waals surface area contributed by atoms with Crippen LogP contribution in [0.5, 0.6) is 0 Å². The van der Waals surface area contributed by atoms with Gasteiger partial charge in [0.2, 0.25) is 5.91 Å². The zero-order valence-corrected chi connectivity index (χ0v) is 17.3. The molecule has 3 aromatic carbocycles. The average Bonchev–Trinajstić information content (AvgIpc) is 3.10. The van der Waals surface area contributed by atoms with E-state index in [4.69, 9.17) is 0 Å². The van der Waals surface area contributed by atoms with Gasteiger partial charge in [-0.05, 0) is 23.3 Å². The molecule has 1 aliphatic rings. The van der Waals surface area contributed by atoms with Crippen molar-refractivity contribution < 1.29 is 13.2 Å². The fourth-order valence-electron chi connectivity index (χ4n) is 3.83. The molecule has 1 heterocycles. The summed E-state index contributed by atoms with van der Waals surface area (Å²) < 4.78 is 26.8. The number of sulfone groups is 1. The standard InChI is InChI=1S/C25H23NO3S/c27-25-18-24(30(28,29)22-14-8-3-9-15-22)23(17-16-20-10-4-1-5-11-20)26(25)19-21-12-6-2-7-13-21/h1-17,23-24H,18-19H2/b17-16+/t23-,24+/m1/s1. The Kier molecular flexibility index (Phi) is 5.81. The third-order valence-electron chi connectivity index (χ3n) is 5.39. The van der Waals surface area contributed by atoms with Crippen LogP contribution >= 0.6 is 0 Å². The zero-order valence-electron chi connectivity index (χ0n) is 16.5. The molecule has 1 fully saturated rings. The van der Waals surface area contributed by atoms with Gasteiger partial charge in [-0.25, -0.2) is 8.42 Å². The van der Waals surface area contributed by atoms with Gasteiger partial charge < -0.3 is 4.90 Å². The van der Waals surface area contributed by atoms with E-state index in [0.29, 0.717) is 6.54 Å². The van der Waals surface area contributed by atoms with E-state index in [1.54, 1.807) is 35.2 Å². The van der Waals surface area contributed by atoms with Crippen molar-refractivity contribution in [3.05, 3.63) is 108 Å². The normalized spacial score (nSPS) is 19.5. The number of carbonyl (C=O) groups excluding carboxylic acids is 1. The summed E-state index contributed by atoms with van der Waals surface area (Å²) in [6, 6.07) is 27.2. The Labute approximate surface area is 177 Å². The highest BCUT2D eigenvalue weighted by molar-refractivity contribution is 7.92. The number of rotatable bonds is 6. The zero-order chi connectivity index (χ0) is 21.0. The van der Waals surface area contributed by atoms with E-state index in [0.717, 1.165) is 11.1 Å². The molecule has 1 amide bonds. The SMILES string of the molecule is O=C1C[C@H](S(=O)(=O)c2ccccc2)[C@@H](/C=C/c2ccccc2)N1Cc1ccccc1. The summed E-state index contributed by atoms with van der Waals surface area (Å²) in [5.41, 5.74) is 1.94. The van der Waals surface area contributed by atoms with Crippen molar-refractivity contribution >= 4 is 21.8 Å². The first-order valence-corrected chi connectivity index (χ1v) is 11.5. The van der Waals surface area contributed by atoms with Gasteiger partial charge in [-0.2, -0.15) is 0 Å². The van der Waals surface area contributed by atoms with Gasteiger partial charge in [0, 0.05) is 13.0 Å². The van der Waals surface area contributed by atoms with Crippen LogP contribution in [0.25, 0.3) is 6.08 Å². The Morgan fingerprint density at radius 2 is 1.40 bits per heavy atom. The van der Waals surface area contributed by atoms with Gasteiger partial charge in [0.25, 0.3) is 0 Å². The smallest absolute Gasteiger partial charge is 0.224 e. The second kappa shape index (κ2) is 8.67. The molecule has 0 aliphatic carbocycles. The Morgan fingerprint density at radius 1 is 0.833 bits per heavy atom. The van der Waals surface area contributed by atoms with Gasteiger partial charge in [0.15, 0.2) is 9.84 Å².